The Bertz CT molecular complexity index is 297. The third kappa shape index (κ3) is 2.80. The zero-order valence-corrected chi connectivity index (χ0v) is 8.69. The third-order valence-corrected chi connectivity index (χ3v) is 1.91. The minimum absolute atomic E-state index is 0.00544. The van der Waals surface area contributed by atoms with Gasteiger partial charge in [-0.15, -0.1) is 0 Å². The summed E-state index contributed by atoms with van der Waals surface area (Å²) < 4.78 is 0. The van der Waals surface area contributed by atoms with Crippen LogP contribution in [0.4, 0.5) is 0 Å². The van der Waals surface area contributed by atoms with Gasteiger partial charge in [-0.3, -0.25) is 14.8 Å². The summed E-state index contributed by atoms with van der Waals surface area (Å²) in [5.41, 5.74) is 0.779. The van der Waals surface area contributed by atoms with E-state index in [0.717, 1.165) is 5.69 Å². The molecule has 0 spiro atoms. The fourth-order valence-corrected chi connectivity index (χ4v) is 0.988. The second kappa shape index (κ2) is 4.69. The van der Waals surface area contributed by atoms with Gasteiger partial charge in [0.15, 0.2) is 0 Å². The molecule has 1 N–H and O–H groups in total. The van der Waals surface area contributed by atoms with Crippen LogP contribution in [0.5, 0.6) is 0 Å². The van der Waals surface area contributed by atoms with E-state index in [4.69, 9.17) is 0 Å². The number of amides is 1. The maximum absolute atomic E-state index is 11.4. The summed E-state index contributed by atoms with van der Waals surface area (Å²) in [6.07, 6.45) is 4.89. The van der Waals surface area contributed by atoms with Crippen LogP contribution in [0.3, 0.4) is 0 Å². The molecule has 1 rings (SSSR count). The Balaban J connectivity index is 2.59. The van der Waals surface area contributed by atoms with E-state index in [-0.39, 0.29) is 17.9 Å². The van der Waals surface area contributed by atoms with Crippen molar-refractivity contribution in [3.05, 3.63) is 24.3 Å². The van der Waals surface area contributed by atoms with Gasteiger partial charge in [-0.05, 0) is 6.92 Å². The minimum Gasteiger partial charge on any atom is -0.348 e. The van der Waals surface area contributed by atoms with Gasteiger partial charge < -0.3 is 5.32 Å². The average molecular weight is 193 g/mol. The van der Waals surface area contributed by atoms with Crippen LogP contribution in [-0.2, 0) is 4.79 Å². The maximum atomic E-state index is 11.4. The first-order valence-electron chi connectivity index (χ1n) is 4.67. The van der Waals surface area contributed by atoms with E-state index in [1.807, 2.05) is 20.8 Å². The van der Waals surface area contributed by atoms with E-state index >= 15 is 0 Å². The Hall–Kier alpha value is -1.45. The Labute approximate surface area is 83.8 Å². The number of nitrogens with one attached hydrogen (secondary N) is 1. The van der Waals surface area contributed by atoms with E-state index in [1.54, 1.807) is 18.6 Å². The summed E-state index contributed by atoms with van der Waals surface area (Å²) in [5, 5.41) is 2.85. The molecule has 0 saturated heterocycles. The topological polar surface area (TPSA) is 54.9 Å². The van der Waals surface area contributed by atoms with E-state index in [9.17, 15) is 4.79 Å². The van der Waals surface area contributed by atoms with Crippen molar-refractivity contribution in [1.82, 2.24) is 15.3 Å². The zero-order valence-electron chi connectivity index (χ0n) is 8.69. The van der Waals surface area contributed by atoms with Crippen molar-refractivity contribution >= 4 is 5.91 Å². The van der Waals surface area contributed by atoms with Crippen molar-refractivity contribution in [1.29, 1.82) is 0 Å². The molecule has 0 aromatic carbocycles. The quantitative estimate of drug-likeness (QED) is 0.787. The largest absolute Gasteiger partial charge is 0.348 e. The third-order valence-electron chi connectivity index (χ3n) is 1.91. The lowest BCUT2D eigenvalue weighted by Gasteiger charge is -2.14. The van der Waals surface area contributed by atoms with Crippen LogP contribution in [0.15, 0.2) is 18.6 Å². The molecule has 76 valence electrons. The molecule has 14 heavy (non-hydrogen) atoms. The van der Waals surface area contributed by atoms with Crippen molar-refractivity contribution in [3.63, 3.8) is 0 Å². The fraction of sp³-hybridized carbons (Fsp3) is 0.500. The predicted octanol–water partition coefficient (Wildman–Crippen LogP) is 1.31. The van der Waals surface area contributed by atoms with Gasteiger partial charge in [-0.1, -0.05) is 13.8 Å². The van der Waals surface area contributed by atoms with Crippen molar-refractivity contribution in [2.45, 2.75) is 26.8 Å². The van der Waals surface area contributed by atoms with Crippen LogP contribution in [0.25, 0.3) is 0 Å². The summed E-state index contributed by atoms with van der Waals surface area (Å²) in [7, 11) is 0. The highest BCUT2D eigenvalue weighted by atomic mass is 16.1. The van der Waals surface area contributed by atoms with Gasteiger partial charge in [0.05, 0.1) is 17.9 Å². The van der Waals surface area contributed by atoms with Crippen molar-refractivity contribution in [2.75, 3.05) is 0 Å². The van der Waals surface area contributed by atoms with E-state index in [1.165, 1.54) is 0 Å². The van der Waals surface area contributed by atoms with Crippen molar-refractivity contribution in [3.8, 4) is 0 Å². The summed E-state index contributed by atoms with van der Waals surface area (Å²) in [6.45, 7) is 5.61. The molecule has 4 heteroatoms. The van der Waals surface area contributed by atoms with Crippen LogP contribution < -0.4 is 5.32 Å². The first kappa shape index (κ1) is 10.6. The van der Waals surface area contributed by atoms with E-state index < -0.39 is 0 Å². The number of carbonyl (C=O) groups is 1. The Kier molecular flexibility index (Phi) is 3.56. The van der Waals surface area contributed by atoms with Gasteiger partial charge in [0.2, 0.25) is 5.91 Å². The molecule has 0 aliphatic carbocycles. The standard InChI is InChI=1S/C10H15N3O/c1-7(2)10(14)13-8(3)9-6-11-4-5-12-9/h4-8H,1-3H3,(H,13,14). The molecule has 1 aromatic rings. The average Bonchev–Trinajstić information content (AvgIpc) is 2.19. The Morgan fingerprint density at radius 1 is 1.36 bits per heavy atom. The number of hydrogen-bond donors (Lipinski definition) is 1. The molecule has 1 atom stereocenters. The molecule has 0 aliphatic heterocycles. The summed E-state index contributed by atoms with van der Waals surface area (Å²) in [6, 6.07) is -0.0846. The van der Waals surface area contributed by atoms with Crippen molar-refractivity contribution < 1.29 is 4.79 Å². The van der Waals surface area contributed by atoms with Gasteiger partial charge in [0, 0.05) is 18.3 Å². The lowest BCUT2D eigenvalue weighted by Crippen LogP contribution is -2.30. The minimum atomic E-state index is -0.0846. The van der Waals surface area contributed by atoms with Crippen LogP contribution in [-0.4, -0.2) is 15.9 Å². The van der Waals surface area contributed by atoms with E-state index in [0.29, 0.717) is 0 Å². The molecule has 0 bridgehead atoms. The Morgan fingerprint density at radius 2 is 2.07 bits per heavy atom. The predicted molar refractivity (Wildman–Crippen MR) is 53.4 cm³/mol. The normalized spacial score (nSPS) is 12.6. The second-order valence-corrected chi connectivity index (χ2v) is 3.52. The zero-order chi connectivity index (χ0) is 10.6. The number of rotatable bonds is 3. The van der Waals surface area contributed by atoms with Gasteiger partial charge in [0.1, 0.15) is 0 Å². The maximum Gasteiger partial charge on any atom is 0.223 e. The summed E-state index contributed by atoms with van der Waals surface area (Å²) >= 11 is 0. The highest BCUT2D eigenvalue weighted by Crippen LogP contribution is 2.07. The number of nitrogens with zero attached hydrogens (tertiary/aromatic N) is 2. The molecular weight excluding hydrogens is 178 g/mol. The second-order valence-electron chi connectivity index (χ2n) is 3.52. The van der Waals surface area contributed by atoms with Crippen LogP contribution in [0, 0.1) is 5.92 Å². The summed E-state index contributed by atoms with van der Waals surface area (Å²) in [4.78, 5) is 19.4. The van der Waals surface area contributed by atoms with Gasteiger partial charge in [-0.25, -0.2) is 0 Å². The number of hydrogen-bond acceptors (Lipinski definition) is 3. The summed E-state index contributed by atoms with van der Waals surface area (Å²) in [5.74, 6) is 0.0253. The number of carbonyl (C=O) groups excluding carboxylic acids is 1. The number of aromatic nitrogens is 2. The van der Waals surface area contributed by atoms with Crippen LogP contribution in [0.2, 0.25) is 0 Å². The molecule has 0 radical (unpaired) electrons. The highest BCUT2D eigenvalue weighted by molar-refractivity contribution is 5.78. The molecular formula is C10H15N3O. The monoisotopic (exact) mass is 193 g/mol. The Morgan fingerprint density at radius 3 is 2.57 bits per heavy atom. The van der Waals surface area contributed by atoms with Gasteiger partial charge >= 0.3 is 0 Å². The lowest BCUT2D eigenvalue weighted by molar-refractivity contribution is -0.124. The first-order chi connectivity index (χ1) is 6.61. The molecule has 0 saturated carbocycles. The lowest BCUT2D eigenvalue weighted by atomic mass is 10.1. The van der Waals surface area contributed by atoms with Gasteiger partial charge in [0.25, 0.3) is 0 Å². The molecule has 1 unspecified atom stereocenters. The fourth-order valence-electron chi connectivity index (χ4n) is 0.988. The van der Waals surface area contributed by atoms with E-state index in [2.05, 4.69) is 15.3 Å². The van der Waals surface area contributed by atoms with Crippen LogP contribution in [0.1, 0.15) is 32.5 Å². The molecule has 4 nitrogen and oxygen atoms in total. The van der Waals surface area contributed by atoms with Crippen LogP contribution >= 0.6 is 0 Å². The SMILES string of the molecule is CC(C)C(=O)NC(C)c1cnccn1. The molecule has 1 heterocycles. The highest BCUT2D eigenvalue weighted by Gasteiger charge is 2.12. The van der Waals surface area contributed by atoms with Crippen molar-refractivity contribution in [2.24, 2.45) is 5.92 Å². The molecule has 0 fully saturated rings. The molecule has 1 aromatic heterocycles. The molecule has 0 aliphatic rings. The first-order valence-corrected chi connectivity index (χ1v) is 4.67. The van der Waals surface area contributed by atoms with Gasteiger partial charge in [-0.2, -0.15) is 0 Å². The molecule has 1 amide bonds. The smallest absolute Gasteiger partial charge is 0.223 e.